The summed E-state index contributed by atoms with van der Waals surface area (Å²) in [4.78, 5) is 4.47. The molecule has 0 unspecified atom stereocenters. The van der Waals surface area contributed by atoms with Gasteiger partial charge in [-0.3, -0.25) is 9.71 Å². The number of benzene rings is 2. The highest BCUT2D eigenvalue weighted by Gasteiger charge is 2.18. The quantitative estimate of drug-likeness (QED) is 0.648. The Morgan fingerprint density at radius 3 is 2.55 bits per heavy atom. The SMILES string of the molecule is Cc1cnc2c(S(=O)(=O)Nc3ccc(I)cc3)cccc2c1. The van der Waals surface area contributed by atoms with Crippen LogP contribution in [0.1, 0.15) is 5.56 Å². The average molecular weight is 424 g/mol. The van der Waals surface area contributed by atoms with E-state index in [1.54, 1.807) is 30.5 Å². The second kappa shape index (κ2) is 5.85. The van der Waals surface area contributed by atoms with E-state index in [-0.39, 0.29) is 4.90 Å². The summed E-state index contributed by atoms with van der Waals surface area (Å²) in [5, 5.41) is 0.811. The minimum atomic E-state index is -3.68. The number of sulfonamides is 1. The van der Waals surface area contributed by atoms with Gasteiger partial charge in [-0.05, 0) is 71.5 Å². The summed E-state index contributed by atoms with van der Waals surface area (Å²) in [5.74, 6) is 0. The van der Waals surface area contributed by atoms with E-state index < -0.39 is 10.0 Å². The lowest BCUT2D eigenvalue weighted by Crippen LogP contribution is -2.13. The van der Waals surface area contributed by atoms with Gasteiger partial charge in [0.2, 0.25) is 0 Å². The first-order valence-electron chi connectivity index (χ1n) is 6.59. The maximum atomic E-state index is 12.6. The van der Waals surface area contributed by atoms with E-state index in [0.29, 0.717) is 11.2 Å². The molecule has 0 aliphatic heterocycles. The van der Waals surface area contributed by atoms with Crippen LogP contribution in [0, 0.1) is 10.5 Å². The Hall–Kier alpha value is -1.67. The van der Waals surface area contributed by atoms with Crippen molar-refractivity contribution in [2.45, 2.75) is 11.8 Å². The lowest BCUT2D eigenvalue weighted by atomic mass is 10.2. The highest BCUT2D eigenvalue weighted by atomic mass is 127. The summed E-state index contributed by atoms with van der Waals surface area (Å²) < 4.78 is 28.9. The van der Waals surface area contributed by atoms with Crippen molar-refractivity contribution in [1.29, 1.82) is 0 Å². The zero-order valence-corrected chi connectivity index (χ0v) is 14.7. The highest BCUT2D eigenvalue weighted by molar-refractivity contribution is 14.1. The molecule has 0 atom stereocenters. The molecule has 1 N–H and O–H groups in total. The highest BCUT2D eigenvalue weighted by Crippen LogP contribution is 2.24. The van der Waals surface area contributed by atoms with Gasteiger partial charge in [-0.1, -0.05) is 12.1 Å². The summed E-state index contributed by atoms with van der Waals surface area (Å²) in [6.45, 7) is 1.93. The minimum Gasteiger partial charge on any atom is -0.280 e. The van der Waals surface area contributed by atoms with Crippen molar-refractivity contribution >= 4 is 49.2 Å². The van der Waals surface area contributed by atoms with E-state index in [0.717, 1.165) is 14.5 Å². The van der Waals surface area contributed by atoms with Crippen molar-refractivity contribution in [3.05, 3.63) is 63.9 Å². The molecule has 0 fully saturated rings. The van der Waals surface area contributed by atoms with Gasteiger partial charge in [0.25, 0.3) is 10.0 Å². The molecule has 0 aliphatic carbocycles. The lowest BCUT2D eigenvalue weighted by Gasteiger charge is -2.10. The van der Waals surface area contributed by atoms with Crippen LogP contribution in [0.5, 0.6) is 0 Å². The predicted octanol–water partition coefficient (Wildman–Crippen LogP) is 3.95. The number of halogens is 1. The fourth-order valence-corrected chi connectivity index (χ4v) is 3.79. The number of rotatable bonds is 3. The Bertz CT molecular complexity index is 938. The van der Waals surface area contributed by atoms with Gasteiger partial charge < -0.3 is 0 Å². The van der Waals surface area contributed by atoms with Crippen LogP contribution in [-0.4, -0.2) is 13.4 Å². The van der Waals surface area contributed by atoms with E-state index in [1.807, 2.05) is 31.2 Å². The van der Waals surface area contributed by atoms with E-state index >= 15 is 0 Å². The Balaban J connectivity index is 2.07. The maximum Gasteiger partial charge on any atom is 0.264 e. The average Bonchev–Trinajstić information content (AvgIpc) is 2.48. The molecule has 0 saturated carbocycles. The van der Waals surface area contributed by atoms with Crippen LogP contribution in [0.3, 0.4) is 0 Å². The fraction of sp³-hybridized carbons (Fsp3) is 0.0625. The Labute approximate surface area is 142 Å². The molecule has 2 aromatic carbocycles. The van der Waals surface area contributed by atoms with Crippen LogP contribution in [0.25, 0.3) is 10.9 Å². The number of nitrogens with zero attached hydrogens (tertiary/aromatic N) is 1. The molecule has 0 bridgehead atoms. The number of pyridine rings is 1. The largest absolute Gasteiger partial charge is 0.280 e. The normalized spacial score (nSPS) is 11.5. The lowest BCUT2D eigenvalue weighted by molar-refractivity contribution is 0.602. The third-order valence-corrected chi connectivity index (χ3v) is 5.33. The van der Waals surface area contributed by atoms with Gasteiger partial charge >= 0.3 is 0 Å². The van der Waals surface area contributed by atoms with Gasteiger partial charge in [-0.25, -0.2) is 8.42 Å². The second-order valence-corrected chi connectivity index (χ2v) is 7.85. The summed E-state index contributed by atoms with van der Waals surface area (Å²) in [5.41, 5.74) is 2.00. The molecule has 6 heteroatoms. The van der Waals surface area contributed by atoms with E-state index in [2.05, 4.69) is 32.3 Å². The minimum absolute atomic E-state index is 0.184. The molecule has 4 nitrogen and oxygen atoms in total. The number of anilines is 1. The van der Waals surface area contributed by atoms with Crippen LogP contribution in [0.2, 0.25) is 0 Å². The van der Waals surface area contributed by atoms with Gasteiger partial charge in [0, 0.05) is 20.8 Å². The molecule has 0 saturated heterocycles. The monoisotopic (exact) mass is 424 g/mol. The third-order valence-electron chi connectivity index (χ3n) is 3.20. The summed E-state index contributed by atoms with van der Waals surface area (Å²) in [7, 11) is -3.68. The van der Waals surface area contributed by atoms with Gasteiger partial charge in [-0.2, -0.15) is 0 Å². The van der Waals surface area contributed by atoms with Crippen LogP contribution < -0.4 is 4.72 Å². The zero-order valence-electron chi connectivity index (χ0n) is 11.7. The number of nitrogens with one attached hydrogen (secondary N) is 1. The van der Waals surface area contributed by atoms with E-state index in [9.17, 15) is 8.42 Å². The molecule has 0 amide bonds. The molecule has 3 rings (SSSR count). The number of aromatic nitrogens is 1. The molecule has 112 valence electrons. The van der Waals surface area contributed by atoms with Crippen LogP contribution >= 0.6 is 22.6 Å². The number of para-hydroxylation sites is 1. The third kappa shape index (κ3) is 3.07. The number of hydrogen-bond donors (Lipinski definition) is 1. The van der Waals surface area contributed by atoms with Crippen LogP contribution in [0.15, 0.2) is 59.6 Å². The summed E-state index contributed by atoms with van der Waals surface area (Å²) in [6.07, 6.45) is 1.67. The number of fused-ring (bicyclic) bond motifs is 1. The summed E-state index contributed by atoms with van der Waals surface area (Å²) in [6, 6.07) is 14.3. The van der Waals surface area contributed by atoms with Crippen molar-refractivity contribution < 1.29 is 8.42 Å². The molecule has 1 heterocycles. The van der Waals surface area contributed by atoms with Gasteiger partial charge in [0.1, 0.15) is 4.90 Å². The van der Waals surface area contributed by atoms with E-state index in [1.165, 1.54) is 0 Å². The van der Waals surface area contributed by atoms with Crippen LogP contribution in [0.4, 0.5) is 5.69 Å². The Morgan fingerprint density at radius 1 is 1.09 bits per heavy atom. The smallest absolute Gasteiger partial charge is 0.264 e. The molecule has 3 aromatic rings. The van der Waals surface area contributed by atoms with Gasteiger partial charge in [0.05, 0.1) is 5.52 Å². The van der Waals surface area contributed by atoms with Crippen molar-refractivity contribution in [2.24, 2.45) is 0 Å². The van der Waals surface area contributed by atoms with Crippen LogP contribution in [-0.2, 0) is 10.0 Å². The molecular formula is C16H13IN2O2S. The van der Waals surface area contributed by atoms with Crippen molar-refractivity contribution in [3.63, 3.8) is 0 Å². The Morgan fingerprint density at radius 2 is 1.82 bits per heavy atom. The topological polar surface area (TPSA) is 59.1 Å². The molecule has 0 spiro atoms. The fourth-order valence-electron chi connectivity index (χ4n) is 2.19. The molecule has 0 aliphatic rings. The van der Waals surface area contributed by atoms with Crippen molar-refractivity contribution in [3.8, 4) is 0 Å². The van der Waals surface area contributed by atoms with E-state index in [4.69, 9.17) is 0 Å². The van der Waals surface area contributed by atoms with Gasteiger partial charge in [-0.15, -0.1) is 0 Å². The number of hydrogen-bond acceptors (Lipinski definition) is 3. The molecule has 1 aromatic heterocycles. The van der Waals surface area contributed by atoms with Gasteiger partial charge in [0.15, 0.2) is 0 Å². The Kier molecular flexibility index (Phi) is 4.05. The standard InChI is InChI=1S/C16H13IN2O2S/c1-11-9-12-3-2-4-15(16(12)18-10-11)22(20,21)19-14-7-5-13(17)6-8-14/h2-10,19H,1H3. The molecule has 22 heavy (non-hydrogen) atoms. The first kappa shape index (κ1) is 15.2. The molecule has 0 radical (unpaired) electrons. The van der Waals surface area contributed by atoms with Crippen molar-refractivity contribution in [2.75, 3.05) is 4.72 Å². The maximum absolute atomic E-state index is 12.6. The first-order valence-corrected chi connectivity index (χ1v) is 9.16. The second-order valence-electron chi connectivity index (χ2n) is 4.95. The first-order chi connectivity index (χ1) is 10.5. The van der Waals surface area contributed by atoms with Crippen molar-refractivity contribution in [1.82, 2.24) is 4.98 Å². The zero-order chi connectivity index (χ0) is 15.7. The number of aryl methyl sites for hydroxylation is 1. The molecular weight excluding hydrogens is 411 g/mol. The predicted molar refractivity (Wildman–Crippen MR) is 96.4 cm³/mol. The summed E-state index contributed by atoms with van der Waals surface area (Å²) >= 11 is 2.17.